The van der Waals surface area contributed by atoms with Crippen LogP contribution in [0, 0.1) is 11.8 Å². The number of fused-ring (bicyclic) bond motifs is 1. The number of hydrogen-bond acceptors (Lipinski definition) is 2. The van der Waals surface area contributed by atoms with Gasteiger partial charge in [0.2, 0.25) is 5.91 Å². The van der Waals surface area contributed by atoms with Gasteiger partial charge in [0.1, 0.15) is 0 Å². The second kappa shape index (κ2) is 8.05. The van der Waals surface area contributed by atoms with Crippen LogP contribution in [0.1, 0.15) is 45.6 Å². The molecule has 4 nitrogen and oxygen atoms in total. The fourth-order valence-electron chi connectivity index (χ4n) is 3.98. The summed E-state index contributed by atoms with van der Waals surface area (Å²) in [5.41, 5.74) is 2.55. The highest BCUT2D eigenvalue weighted by atomic mass is 16.1. The summed E-state index contributed by atoms with van der Waals surface area (Å²) in [4.78, 5) is 18.3. The van der Waals surface area contributed by atoms with Crippen molar-refractivity contribution in [2.24, 2.45) is 11.8 Å². The molecule has 136 valence electrons. The molecule has 1 saturated heterocycles. The lowest BCUT2D eigenvalue weighted by atomic mass is 9.94. The zero-order valence-electron chi connectivity index (χ0n) is 15.7. The number of nitrogens with zero attached hydrogens (tertiary/aromatic N) is 1. The Balaban J connectivity index is 1.49. The molecule has 1 aliphatic heterocycles. The topological polar surface area (TPSA) is 48.1 Å². The fraction of sp³-hybridized carbons (Fsp3) is 0.571. The first-order valence-electron chi connectivity index (χ1n) is 9.60. The third-order valence-electron chi connectivity index (χ3n) is 5.24. The number of carbonyl (C=O) groups excluding carboxylic acids is 1. The SMILES string of the molecule is CC(C)C[C@@H](C)NC(=O)C1CCN(Cc2c[nH]c3ccccc23)CC1. The number of piperidine rings is 1. The monoisotopic (exact) mass is 341 g/mol. The van der Waals surface area contributed by atoms with E-state index >= 15 is 0 Å². The van der Waals surface area contributed by atoms with Gasteiger partial charge in [0.15, 0.2) is 0 Å². The second-order valence-electron chi connectivity index (χ2n) is 7.95. The molecule has 0 bridgehead atoms. The third-order valence-corrected chi connectivity index (χ3v) is 5.24. The lowest BCUT2D eigenvalue weighted by molar-refractivity contribution is -0.127. The molecule has 4 heteroatoms. The normalized spacial score (nSPS) is 17.9. The summed E-state index contributed by atoms with van der Waals surface area (Å²) >= 11 is 0. The van der Waals surface area contributed by atoms with Crippen LogP contribution in [0.2, 0.25) is 0 Å². The number of benzene rings is 1. The fourth-order valence-corrected chi connectivity index (χ4v) is 3.98. The molecule has 1 aromatic carbocycles. The van der Waals surface area contributed by atoms with E-state index in [4.69, 9.17) is 0 Å². The molecule has 0 saturated carbocycles. The molecule has 0 spiro atoms. The minimum absolute atomic E-state index is 0.175. The van der Waals surface area contributed by atoms with Crippen LogP contribution in [0.15, 0.2) is 30.5 Å². The minimum Gasteiger partial charge on any atom is -0.361 e. The van der Waals surface area contributed by atoms with E-state index in [0.717, 1.165) is 38.9 Å². The predicted molar refractivity (Wildman–Crippen MR) is 103 cm³/mol. The lowest BCUT2D eigenvalue weighted by Crippen LogP contribution is -2.43. The van der Waals surface area contributed by atoms with Gasteiger partial charge in [0.05, 0.1) is 0 Å². The summed E-state index contributed by atoms with van der Waals surface area (Å²) in [7, 11) is 0. The maximum absolute atomic E-state index is 12.5. The van der Waals surface area contributed by atoms with Crippen LogP contribution in [0.3, 0.4) is 0 Å². The lowest BCUT2D eigenvalue weighted by Gasteiger charge is -2.32. The van der Waals surface area contributed by atoms with Gasteiger partial charge in [-0.15, -0.1) is 0 Å². The quantitative estimate of drug-likeness (QED) is 0.836. The number of likely N-dealkylation sites (tertiary alicyclic amines) is 1. The van der Waals surface area contributed by atoms with E-state index in [1.54, 1.807) is 0 Å². The number of carbonyl (C=O) groups is 1. The molecule has 0 unspecified atom stereocenters. The van der Waals surface area contributed by atoms with Crippen LogP contribution in [0.4, 0.5) is 0 Å². The maximum atomic E-state index is 12.5. The van der Waals surface area contributed by atoms with Crippen molar-refractivity contribution < 1.29 is 4.79 Å². The van der Waals surface area contributed by atoms with Crippen molar-refractivity contribution >= 4 is 16.8 Å². The summed E-state index contributed by atoms with van der Waals surface area (Å²) in [5.74, 6) is 1.04. The molecule has 1 aliphatic rings. The van der Waals surface area contributed by atoms with Gasteiger partial charge < -0.3 is 10.3 Å². The van der Waals surface area contributed by atoms with Crippen molar-refractivity contribution in [1.82, 2.24) is 15.2 Å². The highest BCUT2D eigenvalue weighted by Gasteiger charge is 2.26. The van der Waals surface area contributed by atoms with Crippen molar-refractivity contribution in [3.8, 4) is 0 Å². The minimum atomic E-state index is 0.175. The van der Waals surface area contributed by atoms with Gasteiger partial charge >= 0.3 is 0 Å². The molecule has 1 fully saturated rings. The Morgan fingerprint density at radius 3 is 2.68 bits per heavy atom. The zero-order chi connectivity index (χ0) is 17.8. The highest BCUT2D eigenvalue weighted by Crippen LogP contribution is 2.23. The Bertz CT molecular complexity index is 698. The van der Waals surface area contributed by atoms with Crippen LogP contribution in [-0.2, 0) is 11.3 Å². The van der Waals surface area contributed by atoms with Gasteiger partial charge in [-0.1, -0.05) is 32.0 Å². The standard InChI is InChI=1S/C21H31N3O/c1-15(2)12-16(3)23-21(25)17-8-10-24(11-9-17)14-18-13-22-20-7-5-4-6-19(18)20/h4-7,13,15-17,22H,8-12,14H2,1-3H3,(H,23,25)/t16-/m1/s1. The first kappa shape index (κ1) is 18.0. The van der Waals surface area contributed by atoms with Crippen molar-refractivity contribution in [2.75, 3.05) is 13.1 Å². The summed E-state index contributed by atoms with van der Waals surface area (Å²) in [5, 5.41) is 4.51. The Labute approximate surface area is 151 Å². The average molecular weight is 341 g/mol. The van der Waals surface area contributed by atoms with E-state index in [0.29, 0.717) is 5.92 Å². The van der Waals surface area contributed by atoms with Crippen molar-refractivity contribution in [1.29, 1.82) is 0 Å². The van der Waals surface area contributed by atoms with E-state index < -0.39 is 0 Å². The molecule has 25 heavy (non-hydrogen) atoms. The third kappa shape index (κ3) is 4.63. The van der Waals surface area contributed by atoms with Crippen LogP contribution in [0.5, 0.6) is 0 Å². The molecule has 2 aromatic rings. The summed E-state index contributed by atoms with van der Waals surface area (Å²) in [6.45, 7) is 9.47. The first-order chi connectivity index (χ1) is 12.0. The summed E-state index contributed by atoms with van der Waals surface area (Å²) in [6, 6.07) is 8.73. The van der Waals surface area contributed by atoms with Crippen LogP contribution in [0.25, 0.3) is 10.9 Å². The highest BCUT2D eigenvalue weighted by molar-refractivity contribution is 5.83. The maximum Gasteiger partial charge on any atom is 0.223 e. The van der Waals surface area contributed by atoms with E-state index in [9.17, 15) is 4.79 Å². The van der Waals surface area contributed by atoms with Crippen LogP contribution >= 0.6 is 0 Å². The van der Waals surface area contributed by atoms with Gasteiger partial charge in [0, 0.05) is 35.6 Å². The summed E-state index contributed by atoms with van der Waals surface area (Å²) in [6.07, 6.45) is 5.09. The number of H-pyrrole nitrogens is 1. The Morgan fingerprint density at radius 1 is 1.24 bits per heavy atom. The van der Waals surface area contributed by atoms with E-state index in [1.807, 2.05) is 0 Å². The molecule has 2 N–H and O–H groups in total. The number of rotatable bonds is 6. The van der Waals surface area contributed by atoms with Gasteiger partial charge in [-0.2, -0.15) is 0 Å². The molecule has 0 radical (unpaired) electrons. The van der Waals surface area contributed by atoms with Gasteiger partial charge in [-0.05, 0) is 56.8 Å². The van der Waals surface area contributed by atoms with E-state index in [1.165, 1.54) is 16.5 Å². The molecule has 1 amide bonds. The molecule has 1 atom stereocenters. The van der Waals surface area contributed by atoms with E-state index in [2.05, 4.69) is 66.4 Å². The van der Waals surface area contributed by atoms with Crippen molar-refractivity contribution in [3.63, 3.8) is 0 Å². The molecule has 1 aromatic heterocycles. The Hall–Kier alpha value is -1.81. The molecule has 3 rings (SSSR count). The zero-order valence-corrected chi connectivity index (χ0v) is 15.7. The van der Waals surface area contributed by atoms with Crippen molar-refractivity contribution in [2.45, 2.75) is 52.6 Å². The molecular weight excluding hydrogens is 310 g/mol. The Kier molecular flexibility index (Phi) is 5.79. The largest absolute Gasteiger partial charge is 0.361 e. The van der Waals surface area contributed by atoms with Gasteiger partial charge in [0.25, 0.3) is 0 Å². The number of aromatic nitrogens is 1. The smallest absolute Gasteiger partial charge is 0.223 e. The average Bonchev–Trinajstić information content (AvgIpc) is 2.98. The van der Waals surface area contributed by atoms with Crippen molar-refractivity contribution in [3.05, 3.63) is 36.0 Å². The Morgan fingerprint density at radius 2 is 1.96 bits per heavy atom. The van der Waals surface area contributed by atoms with Crippen LogP contribution in [-0.4, -0.2) is 34.9 Å². The number of amides is 1. The number of para-hydroxylation sites is 1. The number of nitrogens with one attached hydrogen (secondary N) is 2. The second-order valence-corrected chi connectivity index (χ2v) is 7.95. The molecular formula is C21H31N3O. The number of aromatic amines is 1. The number of hydrogen-bond donors (Lipinski definition) is 2. The van der Waals surface area contributed by atoms with Crippen LogP contribution < -0.4 is 5.32 Å². The molecule has 2 heterocycles. The molecule has 0 aliphatic carbocycles. The van der Waals surface area contributed by atoms with E-state index in [-0.39, 0.29) is 17.9 Å². The summed E-state index contributed by atoms with van der Waals surface area (Å²) < 4.78 is 0. The first-order valence-corrected chi connectivity index (χ1v) is 9.60. The predicted octanol–water partition coefficient (Wildman–Crippen LogP) is 3.93. The van der Waals surface area contributed by atoms with Gasteiger partial charge in [-0.3, -0.25) is 9.69 Å². The van der Waals surface area contributed by atoms with Gasteiger partial charge in [-0.25, -0.2) is 0 Å².